The van der Waals surface area contributed by atoms with Crippen molar-refractivity contribution < 1.29 is 32.7 Å². The summed E-state index contributed by atoms with van der Waals surface area (Å²) in [7, 11) is 0. The molecule has 1 aliphatic rings. The highest BCUT2D eigenvalue weighted by atomic mass is 19.4. The number of benzene rings is 1. The summed E-state index contributed by atoms with van der Waals surface area (Å²) in [5.41, 5.74) is 1.50. The molecular weight excluding hydrogens is 379 g/mol. The van der Waals surface area contributed by atoms with Gasteiger partial charge < -0.3 is 20.3 Å². The number of carbonyl (C=O) groups is 3. The van der Waals surface area contributed by atoms with Crippen LogP contribution >= 0.6 is 0 Å². The summed E-state index contributed by atoms with van der Waals surface area (Å²) >= 11 is 0. The van der Waals surface area contributed by atoms with E-state index >= 15 is 0 Å². The second-order valence-corrected chi connectivity index (χ2v) is 6.75. The first-order valence-electron chi connectivity index (χ1n) is 8.57. The number of para-hydroxylation sites is 1. The number of carboxylic acid groups (broad SMARTS) is 1. The van der Waals surface area contributed by atoms with Crippen molar-refractivity contribution in [2.24, 2.45) is 5.92 Å². The molecule has 7 nitrogen and oxygen atoms in total. The number of halogens is 3. The van der Waals surface area contributed by atoms with Gasteiger partial charge in [-0.1, -0.05) is 18.2 Å². The molecule has 0 saturated carbocycles. The van der Waals surface area contributed by atoms with Gasteiger partial charge in [-0.2, -0.15) is 13.2 Å². The van der Waals surface area contributed by atoms with Gasteiger partial charge in [0.25, 0.3) is 0 Å². The summed E-state index contributed by atoms with van der Waals surface area (Å²) in [6.45, 7) is -1.81. The molecule has 0 aliphatic carbocycles. The van der Waals surface area contributed by atoms with Crippen molar-refractivity contribution in [3.05, 3.63) is 36.0 Å². The summed E-state index contributed by atoms with van der Waals surface area (Å²) in [5.74, 6) is -3.80. The minimum absolute atomic E-state index is 0.00197. The highest BCUT2D eigenvalue weighted by Crippen LogP contribution is 2.24. The molecule has 150 valence electrons. The Morgan fingerprint density at radius 3 is 2.71 bits per heavy atom. The maximum absolute atomic E-state index is 12.5. The van der Waals surface area contributed by atoms with Gasteiger partial charge in [-0.15, -0.1) is 0 Å². The van der Waals surface area contributed by atoms with Crippen molar-refractivity contribution in [3.8, 4) is 0 Å². The Bertz CT molecular complexity index is 909. The second kappa shape index (κ2) is 7.53. The molecule has 1 fully saturated rings. The van der Waals surface area contributed by atoms with Crippen LogP contribution in [0.5, 0.6) is 0 Å². The van der Waals surface area contributed by atoms with E-state index < -0.39 is 42.5 Å². The summed E-state index contributed by atoms with van der Waals surface area (Å²) in [4.78, 5) is 39.2. The number of nitrogens with zero attached hydrogens (tertiary/aromatic N) is 1. The molecule has 2 unspecified atom stereocenters. The average Bonchev–Trinajstić information content (AvgIpc) is 3.17. The zero-order chi connectivity index (χ0) is 20.5. The first-order chi connectivity index (χ1) is 13.1. The number of fused-ring (bicyclic) bond motifs is 1. The highest BCUT2D eigenvalue weighted by molar-refractivity contribution is 5.92. The van der Waals surface area contributed by atoms with E-state index in [1.165, 1.54) is 0 Å². The molecule has 0 bridgehead atoms. The summed E-state index contributed by atoms with van der Waals surface area (Å²) in [6.07, 6.45) is -3.28. The van der Waals surface area contributed by atoms with E-state index in [9.17, 15) is 32.7 Å². The molecule has 2 aromatic rings. The molecule has 2 heterocycles. The number of hydrogen-bond donors (Lipinski definition) is 3. The van der Waals surface area contributed by atoms with Crippen LogP contribution in [0.1, 0.15) is 12.0 Å². The Morgan fingerprint density at radius 1 is 1.32 bits per heavy atom. The van der Waals surface area contributed by atoms with E-state index in [4.69, 9.17) is 0 Å². The fourth-order valence-corrected chi connectivity index (χ4v) is 3.33. The summed E-state index contributed by atoms with van der Waals surface area (Å²) < 4.78 is 37.5. The standard InChI is InChI=1S/C18H18F3N3O4/c19-18(20,21)9-24-8-11(6-15(24)25)16(26)23-14(17(27)28)5-10-7-22-13-4-2-1-3-12(10)13/h1-4,7,11,14,22H,5-6,8-9H2,(H,23,26)(H,27,28). The van der Waals surface area contributed by atoms with Crippen LogP contribution in [0.3, 0.4) is 0 Å². The molecule has 3 rings (SSSR count). The van der Waals surface area contributed by atoms with E-state index in [1.807, 2.05) is 18.2 Å². The molecular formula is C18H18F3N3O4. The fraction of sp³-hybridized carbons (Fsp3) is 0.389. The summed E-state index contributed by atoms with van der Waals surface area (Å²) in [5, 5.41) is 12.6. The Hall–Kier alpha value is -3.04. The van der Waals surface area contributed by atoms with Gasteiger partial charge in [0.2, 0.25) is 11.8 Å². The topological polar surface area (TPSA) is 102 Å². The predicted octanol–water partition coefficient (Wildman–Crippen LogP) is 1.69. The van der Waals surface area contributed by atoms with Crippen LogP contribution in [0.15, 0.2) is 30.5 Å². The van der Waals surface area contributed by atoms with E-state index in [-0.39, 0.29) is 19.4 Å². The maximum Gasteiger partial charge on any atom is 0.406 e. The number of aromatic nitrogens is 1. The van der Waals surface area contributed by atoms with Gasteiger partial charge in [-0.25, -0.2) is 4.79 Å². The number of H-pyrrole nitrogens is 1. The molecule has 2 amide bonds. The van der Waals surface area contributed by atoms with Crippen LogP contribution in [0, 0.1) is 5.92 Å². The molecule has 2 atom stereocenters. The molecule has 1 aliphatic heterocycles. The third-order valence-electron chi connectivity index (χ3n) is 4.67. The number of rotatable bonds is 6. The number of likely N-dealkylation sites (tertiary alicyclic amines) is 1. The van der Waals surface area contributed by atoms with Crippen molar-refractivity contribution >= 4 is 28.7 Å². The lowest BCUT2D eigenvalue weighted by Gasteiger charge is -2.19. The Kier molecular flexibility index (Phi) is 5.30. The number of carbonyl (C=O) groups excluding carboxylic acids is 2. The lowest BCUT2D eigenvalue weighted by atomic mass is 10.0. The van der Waals surface area contributed by atoms with Gasteiger partial charge >= 0.3 is 12.1 Å². The first-order valence-corrected chi connectivity index (χ1v) is 8.57. The largest absolute Gasteiger partial charge is 0.480 e. The molecule has 0 radical (unpaired) electrons. The minimum Gasteiger partial charge on any atom is -0.480 e. The Balaban J connectivity index is 1.67. The zero-order valence-corrected chi connectivity index (χ0v) is 14.6. The fourth-order valence-electron chi connectivity index (χ4n) is 3.33. The predicted molar refractivity (Wildman–Crippen MR) is 92.3 cm³/mol. The number of alkyl halides is 3. The SMILES string of the molecule is O=C(NC(Cc1c[nH]c2ccccc12)C(=O)O)C1CC(=O)N(CC(F)(F)F)C1. The third-order valence-corrected chi connectivity index (χ3v) is 4.67. The van der Waals surface area contributed by atoms with Crippen molar-refractivity contribution in [1.29, 1.82) is 0 Å². The number of aromatic amines is 1. The highest BCUT2D eigenvalue weighted by Gasteiger charge is 2.41. The maximum atomic E-state index is 12.5. The van der Waals surface area contributed by atoms with Crippen molar-refractivity contribution in [3.63, 3.8) is 0 Å². The molecule has 3 N–H and O–H groups in total. The summed E-state index contributed by atoms with van der Waals surface area (Å²) in [6, 6.07) is 5.99. The number of hydrogen-bond acceptors (Lipinski definition) is 3. The normalized spacial score (nSPS) is 18.5. The monoisotopic (exact) mass is 397 g/mol. The van der Waals surface area contributed by atoms with Crippen LogP contribution in [0.25, 0.3) is 10.9 Å². The van der Waals surface area contributed by atoms with E-state index in [0.29, 0.717) is 10.5 Å². The molecule has 0 spiro atoms. The van der Waals surface area contributed by atoms with Gasteiger partial charge in [0.15, 0.2) is 0 Å². The van der Waals surface area contributed by atoms with Crippen LogP contribution in [-0.2, 0) is 20.8 Å². The van der Waals surface area contributed by atoms with Gasteiger partial charge in [-0.05, 0) is 11.6 Å². The Morgan fingerprint density at radius 2 is 2.04 bits per heavy atom. The number of nitrogens with one attached hydrogen (secondary N) is 2. The van der Waals surface area contributed by atoms with Crippen LogP contribution < -0.4 is 5.32 Å². The smallest absolute Gasteiger partial charge is 0.406 e. The first kappa shape index (κ1) is 19.7. The number of carboxylic acids is 1. The van der Waals surface area contributed by atoms with Crippen molar-refractivity contribution in [2.45, 2.75) is 25.1 Å². The third kappa shape index (κ3) is 4.44. The van der Waals surface area contributed by atoms with E-state index in [2.05, 4.69) is 10.3 Å². The van der Waals surface area contributed by atoms with Crippen molar-refractivity contribution in [2.75, 3.05) is 13.1 Å². The molecule has 10 heteroatoms. The lowest BCUT2D eigenvalue weighted by Crippen LogP contribution is -2.45. The molecule has 28 heavy (non-hydrogen) atoms. The van der Waals surface area contributed by atoms with E-state index in [0.717, 1.165) is 10.9 Å². The van der Waals surface area contributed by atoms with Crippen molar-refractivity contribution in [1.82, 2.24) is 15.2 Å². The molecule has 1 aromatic heterocycles. The van der Waals surface area contributed by atoms with Crippen LogP contribution in [0.4, 0.5) is 13.2 Å². The Labute approximate surface area is 157 Å². The van der Waals surface area contributed by atoms with Gasteiger partial charge in [0.05, 0.1) is 5.92 Å². The number of aliphatic carboxylic acids is 1. The second-order valence-electron chi connectivity index (χ2n) is 6.75. The van der Waals surface area contributed by atoms with Crippen LogP contribution in [-0.4, -0.2) is 58.1 Å². The molecule has 1 aromatic carbocycles. The minimum atomic E-state index is -4.56. The lowest BCUT2D eigenvalue weighted by molar-refractivity contribution is -0.157. The van der Waals surface area contributed by atoms with Gasteiger partial charge in [0.1, 0.15) is 12.6 Å². The van der Waals surface area contributed by atoms with E-state index in [1.54, 1.807) is 12.3 Å². The zero-order valence-electron chi connectivity index (χ0n) is 14.6. The quantitative estimate of drug-likeness (QED) is 0.690. The van der Waals surface area contributed by atoms with Gasteiger partial charge in [0, 0.05) is 36.5 Å². The number of amides is 2. The molecule has 1 saturated heterocycles. The average molecular weight is 397 g/mol. The van der Waals surface area contributed by atoms with Crippen LogP contribution in [0.2, 0.25) is 0 Å². The van der Waals surface area contributed by atoms with Gasteiger partial charge in [-0.3, -0.25) is 9.59 Å².